The predicted octanol–water partition coefficient (Wildman–Crippen LogP) is 1.39. The minimum Gasteiger partial charge on any atom is -0.347 e. The van der Waals surface area contributed by atoms with Gasteiger partial charge in [-0.05, 0) is 19.4 Å². The number of nitrogens with zero attached hydrogens (tertiary/aromatic N) is 1. The molecule has 1 N–H and O–H groups in total. The van der Waals surface area contributed by atoms with Gasteiger partial charge in [0.15, 0.2) is 5.78 Å². The number of nitrogens with one attached hydrogen (secondary N) is 1. The molecule has 2 aliphatic rings. The molecule has 4 heteroatoms. The van der Waals surface area contributed by atoms with E-state index < -0.39 is 0 Å². The summed E-state index contributed by atoms with van der Waals surface area (Å²) in [5.74, 6) is -0.0754. The van der Waals surface area contributed by atoms with Gasteiger partial charge in [0.1, 0.15) is 0 Å². The molecule has 1 aliphatic heterocycles. The quantitative estimate of drug-likeness (QED) is 0.650. The van der Waals surface area contributed by atoms with Gasteiger partial charge in [0.25, 0.3) is 0 Å². The Hall–Kier alpha value is -1.94. The number of carbonyl (C=O) groups excluding carboxylic acids is 2. The molecule has 0 spiro atoms. The Kier molecular flexibility index (Phi) is 3.65. The van der Waals surface area contributed by atoms with Crippen LogP contribution in [0.2, 0.25) is 0 Å². The molecule has 0 aromatic heterocycles. The van der Waals surface area contributed by atoms with E-state index in [1.165, 1.54) is 0 Å². The molecule has 0 radical (unpaired) electrons. The van der Waals surface area contributed by atoms with E-state index in [9.17, 15) is 9.59 Å². The first-order valence-electron chi connectivity index (χ1n) is 7.06. The van der Waals surface area contributed by atoms with Crippen LogP contribution < -0.4 is 5.32 Å². The fourth-order valence-corrected chi connectivity index (χ4v) is 2.71. The summed E-state index contributed by atoms with van der Waals surface area (Å²) in [4.78, 5) is 26.3. The summed E-state index contributed by atoms with van der Waals surface area (Å²) in [6.45, 7) is 1.04. The highest BCUT2D eigenvalue weighted by atomic mass is 16.2. The van der Waals surface area contributed by atoms with E-state index in [4.69, 9.17) is 0 Å². The largest absolute Gasteiger partial charge is 0.347 e. The molecule has 1 aromatic carbocycles. The van der Waals surface area contributed by atoms with E-state index in [2.05, 4.69) is 22.4 Å². The normalized spacial score (nSPS) is 21.9. The molecule has 1 amide bonds. The maximum absolute atomic E-state index is 12.2. The maximum Gasteiger partial charge on any atom is 0.237 e. The van der Waals surface area contributed by atoms with Gasteiger partial charge in [-0.2, -0.15) is 0 Å². The first-order valence-corrected chi connectivity index (χ1v) is 7.06. The van der Waals surface area contributed by atoms with E-state index in [-0.39, 0.29) is 24.3 Å². The molecule has 1 heterocycles. The van der Waals surface area contributed by atoms with Crippen molar-refractivity contribution in [3.63, 3.8) is 0 Å². The zero-order valence-corrected chi connectivity index (χ0v) is 11.3. The van der Waals surface area contributed by atoms with E-state index in [0.29, 0.717) is 11.6 Å². The highest BCUT2D eigenvalue weighted by Crippen LogP contribution is 2.26. The van der Waals surface area contributed by atoms with Crippen LogP contribution in [0.1, 0.15) is 23.2 Å². The summed E-state index contributed by atoms with van der Waals surface area (Å²) in [5, 5.41) is 2.78. The molecule has 0 bridgehead atoms. The van der Waals surface area contributed by atoms with Crippen LogP contribution >= 0.6 is 0 Å². The lowest BCUT2D eigenvalue weighted by atomic mass is 10.1. The summed E-state index contributed by atoms with van der Waals surface area (Å²) in [5.41, 5.74) is 0.639. The second-order valence-corrected chi connectivity index (χ2v) is 5.28. The molecule has 1 aliphatic carbocycles. The number of likely N-dealkylation sites (tertiary alicyclic amines) is 1. The molecule has 4 nitrogen and oxygen atoms in total. The molecule has 1 atom stereocenters. The molecule has 3 rings (SSSR count). The highest BCUT2D eigenvalue weighted by Gasteiger charge is 2.36. The van der Waals surface area contributed by atoms with Gasteiger partial charge in [0.2, 0.25) is 5.91 Å². The van der Waals surface area contributed by atoms with E-state index in [1.807, 2.05) is 18.2 Å². The third kappa shape index (κ3) is 2.80. The Morgan fingerprint density at radius 1 is 1.20 bits per heavy atom. The number of hydrogen-bond donors (Lipinski definition) is 1. The average molecular weight is 270 g/mol. The minimum atomic E-state index is -0.0847. The minimum absolute atomic E-state index is 0.0273. The van der Waals surface area contributed by atoms with Crippen molar-refractivity contribution in [2.24, 2.45) is 0 Å². The van der Waals surface area contributed by atoms with Gasteiger partial charge in [0, 0.05) is 11.6 Å². The Labute approximate surface area is 118 Å². The lowest BCUT2D eigenvalue weighted by molar-refractivity contribution is -0.125. The average Bonchev–Trinajstić information content (AvgIpc) is 3.22. The van der Waals surface area contributed by atoms with Crippen LogP contribution in [-0.2, 0) is 4.79 Å². The fourth-order valence-electron chi connectivity index (χ4n) is 2.71. The molecular formula is C16H18N2O2. The zero-order valence-electron chi connectivity index (χ0n) is 11.3. The summed E-state index contributed by atoms with van der Waals surface area (Å²) in [6, 6.07) is 9.33. The summed E-state index contributed by atoms with van der Waals surface area (Å²) in [6.07, 6.45) is 6.12. The zero-order chi connectivity index (χ0) is 13.9. The first kappa shape index (κ1) is 13.1. The topological polar surface area (TPSA) is 49.4 Å². The van der Waals surface area contributed by atoms with Gasteiger partial charge in [-0.25, -0.2) is 0 Å². The molecule has 20 heavy (non-hydrogen) atoms. The van der Waals surface area contributed by atoms with E-state index in [0.717, 1.165) is 19.4 Å². The SMILES string of the molecule is O=C(CNC(=O)[C@@H]1CCCN1C1C=C1)c1ccccc1. The number of Topliss-reactive ketones (excluding diaryl/α,β-unsaturated/α-hetero) is 1. The Balaban J connectivity index is 1.53. The molecule has 104 valence electrons. The number of ketones is 1. The monoisotopic (exact) mass is 270 g/mol. The number of benzene rings is 1. The van der Waals surface area contributed by atoms with Crippen molar-refractivity contribution >= 4 is 11.7 Å². The molecular weight excluding hydrogens is 252 g/mol. The van der Waals surface area contributed by atoms with Crippen molar-refractivity contribution in [1.82, 2.24) is 10.2 Å². The third-order valence-corrected chi connectivity index (χ3v) is 3.86. The van der Waals surface area contributed by atoms with Gasteiger partial charge in [-0.1, -0.05) is 42.5 Å². The van der Waals surface area contributed by atoms with Crippen LogP contribution in [0.15, 0.2) is 42.5 Å². The number of amides is 1. The highest BCUT2D eigenvalue weighted by molar-refractivity contribution is 5.99. The van der Waals surface area contributed by atoms with Crippen LogP contribution in [0.4, 0.5) is 0 Å². The van der Waals surface area contributed by atoms with Crippen LogP contribution in [0.25, 0.3) is 0 Å². The fraction of sp³-hybridized carbons (Fsp3) is 0.375. The molecule has 0 saturated carbocycles. The summed E-state index contributed by atoms with van der Waals surface area (Å²) < 4.78 is 0. The molecule has 1 fully saturated rings. The Bertz CT molecular complexity index is 533. The summed E-state index contributed by atoms with van der Waals surface area (Å²) >= 11 is 0. The van der Waals surface area contributed by atoms with Crippen LogP contribution in [-0.4, -0.2) is 41.8 Å². The molecule has 1 aromatic rings. The van der Waals surface area contributed by atoms with Gasteiger partial charge in [-0.15, -0.1) is 0 Å². The number of carbonyl (C=O) groups is 2. The van der Waals surface area contributed by atoms with Gasteiger partial charge >= 0.3 is 0 Å². The number of hydrogen-bond acceptors (Lipinski definition) is 3. The van der Waals surface area contributed by atoms with Gasteiger partial charge in [0.05, 0.1) is 12.6 Å². The van der Waals surface area contributed by atoms with E-state index in [1.54, 1.807) is 12.1 Å². The van der Waals surface area contributed by atoms with Crippen LogP contribution in [0.5, 0.6) is 0 Å². The Morgan fingerprint density at radius 3 is 2.65 bits per heavy atom. The van der Waals surface area contributed by atoms with Crippen molar-refractivity contribution in [1.29, 1.82) is 0 Å². The van der Waals surface area contributed by atoms with Crippen LogP contribution in [0.3, 0.4) is 0 Å². The van der Waals surface area contributed by atoms with Gasteiger partial charge < -0.3 is 5.32 Å². The Morgan fingerprint density at radius 2 is 1.95 bits per heavy atom. The second kappa shape index (κ2) is 5.59. The van der Waals surface area contributed by atoms with Crippen molar-refractivity contribution in [3.05, 3.63) is 48.0 Å². The van der Waals surface area contributed by atoms with Crippen molar-refractivity contribution in [3.8, 4) is 0 Å². The van der Waals surface area contributed by atoms with Crippen molar-refractivity contribution in [2.75, 3.05) is 13.1 Å². The summed E-state index contributed by atoms with van der Waals surface area (Å²) in [7, 11) is 0. The van der Waals surface area contributed by atoms with E-state index >= 15 is 0 Å². The smallest absolute Gasteiger partial charge is 0.237 e. The standard InChI is InChI=1S/C16H18N2O2/c19-15(12-5-2-1-3-6-12)11-17-16(20)14-7-4-10-18(14)13-8-9-13/h1-3,5-6,8-9,13-14H,4,7,10-11H2,(H,17,20)/t14-/m0/s1. The predicted molar refractivity (Wildman–Crippen MR) is 76.4 cm³/mol. The third-order valence-electron chi connectivity index (χ3n) is 3.86. The van der Waals surface area contributed by atoms with Crippen molar-refractivity contribution in [2.45, 2.75) is 24.9 Å². The maximum atomic E-state index is 12.2. The van der Waals surface area contributed by atoms with Crippen molar-refractivity contribution < 1.29 is 9.59 Å². The second-order valence-electron chi connectivity index (χ2n) is 5.28. The van der Waals surface area contributed by atoms with Crippen LogP contribution in [0, 0.1) is 0 Å². The first-order chi connectivity index (χ1) is 9.75. The number of rotatable bonds is 5. The molecule has 1 saturated heterocycles. The molecule has 0 unspecified atom stereocenters. The lowest BCUT2D eigenvalue weighted by Crippen LogP contribution is -2.45. The lowest BCUT2D eigenvalue weighted by Gasteiger charge is -2.23. The van der Waals surface area contributed by atoms with Gasteiger partial charge in [-0.3, -0.25) is 14.5 Å².